The van der Waals surface area contributed by atoms with Gasteiger partial charge >= 0.3 is 0 Å². The first kappa shape index (κ1) is 6.59. The molecule has 1 rings (SSSR count). The van der Waals surface area contributed by atoms with E-state index in [-0.39, 0.29) is 0 Å². The minimum absolute atomic E-state index is 0.616. The molecule has 1 aliphatic heterocycles. The Hall–Kier alpha value is -0.530. The summed E-state index contributed by atoms with van der Waals surface area (Å²) in [5, 5.41) is 3.20. The number of aliphatic imine (C=N–C) groups is 1. The summed E-state index contributed by atoms with van der Waals surface area (Å²) in [5.41, 5.74) is 0. The lowest BCUT2D eigenvalue weighted by molar-refractivity contribution is 0.489. The van der Waals surface area contributed by atoms with Crippen LogP contribution in [0.15, 0.2) is 4.99 Å². The van der Waals surface area contributed by atoms with Crippen molar-refractivity contribution in [3.63, 3.8) is 0 Å². The van der Waals surface area contributed by atoms with Gasteiger partial charge in [0.2, 0.25) is 0 Å². The van der Waals surface area contributed by atoms with Gasteiger partial charge in [-0.2, -0.15) is 0 Å². The van der Waals surface area contributed by atoms with E-state index in [0.717, 1.165) is 12.5 Å². The standard InChI is InChI=1S/C7H14N2/c1-6(2)3-7-4-8-5-9-7/h5-7H,3-4H2,1-2H3,(H,8,9). The first-order valence-electron chi connectivity index (χ1n) is 3.53. The third-order valence-corrected chi connectivity index (χ3v) is 1.48. The van der Waals surface area contributed by atoms with Crippen LogP contribution >= 0.6 is 0 Å². The van der Waals surface area contributed by atoms with E-state index in [1.165, 1.54) is 6.42 Å². The molecule has 1 unspecified atom stereocenters. The lowest BCUT2D eigenvalue weighted by atomic mass is 10.1. The van der Waals surface area contributed by atoms with E-state index in [1.54, 1.807) is 0 Å². The van der Waals surface area contributed by atoms with Crippen LogP contribution in [0, 0.1) is 5.92 Å². The van der Waals surface area contributed by atoms with Crippen LogP contribution in [0.25, 0.3) is 0 Å². The predicted molar refractivity (Wildman–Crippen MR) is 39.7 cm³/mol. The zero-order chi connectivity index (χ0) is 6.69. The Bertz CT molecular complexity index is 99.5. The summed E-state index contributed by atoms with van der Waals surface area (Å²) in [7, 11) is 0. The van der Waals surface area contributed by atoms with Crippen molar-refractivity contribution in [1.29, 1.82) is 0 Å². The van der Waals surface area contributed by atoms with E-state index in [1.807, 2.05) is 6.34 Å². The van der Waals surface area contributed by atoms with Crippen LogP contribution in [-0.4, -0.2) is 18.9 Å². The molecular formula is C7H14N2. The zero-order valence-corrected chi connectivity index (χ0v) is 6.09. The van der Waals surface area contributed by atoms with Gasteiger partial charge in [0.05, 0.1) is 12.9 Å². The summed E-state index contributed by atoms with van der Waals surface area (Å²) in [6.45, 7) is 5.44. The van der Waals surface area contributed by atoms with Gasteiger partial charge in [-0.1, -0.05) is 13.8 Å². The third-order valence-electron chi connectivity index (χ3n) is 1.48. The zero-order valence-electron chi connectivity index (χ0n) is 6.09. The molecule has 2 heteroatoms. The molecule has 2 nitrogen and oxygen atoms in total. The Morgan fingerprint density at radius 2 is 2.56 bits per heavy atom. The molecule has 9 heavy (non-hydrogen) atoms. The molecule has 0 spiro atoms. The van der Waals surface area contributed by atoms with E-state index >= 15 is 0 Å². The van der Waals surface area contributed by atoms with Crippen LogP contribution < -0.4 is 5.32 Å². The molecule has 0 amide bonds. The maximum absolute atomic E-state index is 4.08. The highest BCUT2D eigenvalue weighted by Gasteiger charge is 2.10. The SMILES string of the molecule is CC(C)CC1CN=CN1. The summed E-state index contributed by atoms with van der Waals surface area (Å²) in [5.74, 6) is 0.782. The second kappa shape index (κ2) is 2.85. The highest BCUT2D eigenvalue weighted by atomic mass is 15.0. The Morgan fingerprint density at radius 3 is 3.00 bits per heavy atom. The predicted octanol–water partition coefficient (Wildman–Crippen LogP) is 1.03. The van der Waals surface area contributed by atoms with Crippen LogP contribution in [0.2, 0.25) is 0 Å². The van der Waals surface area contributed by atoms with Gasteiger partial charge in [0.25, 0.3) is 0 Å². The smallest absolute Gasteiger partial charge is 0.0827 e. The summed E-state index contributed by atoms with van der Waals surface area (Å²) in [4.78, 5) is 4.08. The molecule has 0 bridgehead atoms. The maximum Gasteiger partial charge on any atom is 0.0827 e. The second-order valence-electron chi connectivity index (χ2n) is 2.99. The Kier molecular flexibility index (Phi) is 2.09. The van der Waals surface area contributed by atoms with E-state index in [0.29, 0.717) is 6.04 Å². The van der Waals surface area contributed by atoms with Crippen molar-refractivity contribution in [2.45, 2.75) is 26.3 Å². The van der Waals surface area contributed by atoms with Crippen LogP contribution in [0.4, 0.5) is 0 Å². The number of hydrogen-bond acceptors (Lipinski definition) is 2. The van der Waals surface area contributed by atoms with E-state index in [2.05, 4.69) is 24.2 Å². The van der Waals surface area contributed by atoms with E-state index in [4.69, 9.17) is 0 Å². The molecule has 1 heterocycles. The van der Waals surface area contributed by atoms with Gasteiger partial charge < -0.3 is 5.32 Å². The molecule has 0 aliphatic carbocycles. The van der Waals surface area contributed by atoms with Gasteiger partial charge in [0, 0.05) is 6.04 Å². The molecule has 0 radical (unpaired) electrons. The van der Waals surface area contributed by atoms with Crippen molar-refractivity contribution in [1.82, 2.24) is 5.32 Å². The highest BCUT2D eigenvalue weighted by molar-refractivity contribution is 5.57. The summed E-state index contributed by atoms with van der Waals surface area (Å²) < 4.78 is 0. The monoisotopic (exact) mass is 126 g/mol. The maximum atomic E-state index is 4.08. The summed E-state index contributed by atoms with van der Waals surface area (Å²) >= 11 is 0. The van der Waals surface area contributed by atoms with Gasteiger partial charge in [-0.3, -0.25) is 4.99 Å². The van der Waals surface area contributed by atoms with E-state index < -0.39 is 0 Å². The van der Waals surface area contributed by atoms with Crippen molar-refractivity contribution in [2.24, 2.45) is 10.9 Å². The number of rotatable bonds is 2. The molecule has 0 aromatic rings. The van der Waals surface area contributed by atoms with Crippen molar-refractivity contribution < 1.29 is 0 Å². The summed E-state index contributed by atoms with van der Waals surface area (Å²) in [6.07, 6.45) is 3.05. The Balaban J connectivity index is 2.14. The number of nitrogens with zero attached hydrogens (tertiary/aromatic N) is 1. The number of hydrogen-bond donors (Lipinski definition) is 1. The average Bonchev–Trinajstić information content (AvgIpc) is 2.15. The van der Waals surface area contributed by atoms with Crippen molar-refractivity contribution in [2.75, 3.05) is 6.54 Å². The summed E-state index contributed by atoms with van der Waals surface area (Å²) in [6, 6.07) is 0.616. The minimum atomic E-state index is 0.616. The molecular weight excluding hydrogens is 112 g/mol. The molecule has 0 aromatic carbocycles. The fourth-order valence-electron chi connectivity index (χ4n) is 1.10. The van der Waals surface area contributed by atoms with Crippen LogP contribution in [0.5, 0.6) is 0 Å². The van der Waals surface area contributed by atoms with Crippen molar-refractivity contribution in [3.8, 4) is 0 Å². The first-order chi connectivity index (χ1) is 4.29. The topological polar surface area (TPSA) is 24.4 Å². The lowest BCUT2D eigenvalue weighted by Gasteiger charge is -2.10. The van der Waals surface area contributed by atoms with Crippen molar-refractivity contribution in [3.05, 3.63) is 0 Å². The molecule has 0 saturated heterocycles. The fourth-order valence-corrected chi connectivity index (χ4v) is 1.10. The van der Waals surface area contributed by atoms with Crippen LogP contribution in [-0.2, 0) is 0 Å². The molecule has 1 N–H and O–H groups in total. The second-order valence-corrected chi connectivity index (χ2v) is 2.99. The van der Waals surface area contributed by atoms with Crippen molar-refractivity contribution >= 4 is 6.34 Å². The van der Waals surface area contributed by atoms with Gasteiger partial charge in [0.15, 0.2) is 0 Å². The fraction of sp³-hybridized carbons (Fsp3) is 0.857. The van der Waals surface area contributed by atoms with E-state index in [9.17, 15) is 0 Å². The molecule has 1 aliphatic rings. The quantitative estimate of drug-likeness (QED) is 0.587. The van der Waals surface area contributed by atoms with Crippen LogP contribution in [0.3, 0.4) is 0 Å². The minimum Gasteiger partial charge on any atom is -0.372 e. The molecule has 0 saturated carbocycles. The Labute approximate surface area is 56.4 Å². The molecule has 0 fully saturated rings. The molecule has 52 valence electrons. The highest BCUT2D eigenvalue weighted by Crippen LogP contribution is 2.06. The Morgan fingerprint density at radius 1 is 1.78 bits per heavy atom. The largest absolute Gasteiger partial charge is 0.372 e. The van der Waals surface area contributed by atoms with Gasteiger partial charge in [-0.25, -0.2) is 0 Å². The average molecular weight is 126 g/mol. The molecule has 1 atom stereocenters. The van der Waals surface area contributed by atoms with Gasteiger partial charge in [0.1, 0.15) is 0 Å². The lowest BCUT2D eigenvalue weighted by Crippen LogP contribution is -2.25. The number of nitrogens with one attached hydrogen (secondary N) is 1. The van der Waals surface area contributed by atoms with Gasteiger partial charge in [-0.15, -0.1) is 0 Å². The normalized spacial score (nSPS) is 25.0. The third kappa shape index (κ3) is 2.04. The van der Waals surface area contributed by atoms with Gasteiger partial charge in [-0.05, 0) is 12.3 Å². The first-order valence-corrected chi connectivity index (χ1v) is 3.53. The molecule has 0 aromatic heterocycles. The van der Waals surface area contributed by atoms with Crippen LogP contribution in [0.1, 0.15) is 20.3 Å².